The summed E-state index contributed by atoms with van der Waals surface area (Å²) >= 11 is 0. The maximum atomic E-state index is 9.11. The van der Waals surface area contributed by atoms with Crippen LogP contribution in [-0.2, 0) is 19.3 Å². The first-order valence-electron chi connectivity index (χ1n) is 6.16. The molecule has 2 heteroatoms. The second-order valence-electron chi connectivity index (χ2n) is 4.95. The number of nitrogens with zero attached hydrogens (tertiary/aromatic N) is 1. The first kappa shape index (κ1) is 9.23. The van der Waals surface area contributed by atoms with E-state index in [2.05, 4.69) is 29.4 Å². The molecule has 1 N–H and O–H groups in total. The van der Waals surface area contributed by atoms with Gasteiger partial charge in [-0.2, -0.15) is 0 Å². The van der Waals surface area contributed by atoms with Crippen LogP contribution in [0.2, 0.25) is 0 Å². The van der Waals surface area contributed by atoms with Gasteiger partial charge in [-0.25, -0.2) is 0 Å². The summed E-state index contributed by atoms with van der Waals surface area (Å²) in [6, 6.07) is 8.86. The number of hydrogen-bond acceptors (Lipinski definition) is 2. The second-order valence-corrected chi connectivity index (χ2v) is 4.95. The predicted octanol–water partition coefficient (Wildman–Crippen LogP) is 3.06. The van der Waals surface area contributed by atoms with Crippen molar-refractivity contribution >= 4 is 16.5 Å². The Kier molecular flexibility index (Phi) is 1.68. The van der Waals surface area contributed by atoms with E-state index in [1.807, 2.05) is 0 Å². The lowest BCUT2D eigenvalue weighted by Gasteiger charge is -2.19. The summed E-state index contributed by atoms with van der Waals surface area (Å²) in [6.45, 7) is 0. The minimum atomic E-state index is 0.841. The Hall–Kier alpha value is -1.83. The van der Waals surface area contributed by atoms with E-state index in [0.717, 1.165) is 37.0 Å². The standard InChI is InChI=1S/C15H13NO/c17-16-13-8-6-11-4-3-9-1-2-10-5-7-12(13)15(11)14(9)10/h3-5,7,17H,1-2,6,8H2. The monoisotopic (exact) mass is 223 g/mol. The van der Waals surface area contributed by atoms with Gasteiger partial charge >= 0.3 is 0 Å². The maximum absolute atomic E-state index is 9.11. The van der Waals surface area contributed by atoms with Crippen LogP contribution in [0.3, 0.4) is 0 Å². The van der Waals surface area contributed by atoms with Crippen molar-refractivity contribution < 1.29 is 5.21 Å². The predicted molar refractivity (Wildman–Crippen MR) is 68.0 cm³/mol. The molecule has 0 saturated carbocycles. The fourth-order valence-electron chi connectivity index (χ4n) is 3.34. The van der Waals surface area contributed by atoms with Crippen LogP contribution in [-0.4, -0.2) is 10.9 Å². The van der Waals surface area contributed by atoms with Gasteiger partial charge in [-0.15, -0.1) is 0 Å². The molecule has 0 radical (unpaired) electrons. The average Bonchev–Trinajstić information content (AvgIpc) is 2.81. The highest BCUT2D eigenvalue weighted by Crippen LogP contribution is 2.38. The molecular weight excluding hydrogens is 210 g/mol. The molecule has 0 bridgehead atoms. The van der Waals surface area contributed by atoms with E-state index in [-0.39, 0.29) is 0 Å². The third-order valence-corrected chi connectivity index (χ3v) is 4.15. The molecule has 0 fully saturated rings. The molecule has 0 unspecified atom stereocenters. The molecule has 4 rings (SSSR count). The molecular formula is C15H13NO. The van der Waals surface area contributed by atoms with Crippen molar-refractivity contribution in [2.24, 2.45) is 5.16 Å². The normalized spacial score (nSPS) is 19.2. The van der Waals surface area contributed by atoms with E-state index >= 15 is 0 Å². The first-order valence-corrected chi connectivity index (χ1v) is 6.16. The second kappa shape index (κ2) is 3.10. The molecule has 84 valence electrons. The van der Waals surface area contributed by atoms with E-state index < -0.39 is 0 Å². The highest BCUT2D eigenvalue weighted by molar-refractivity contribution is 6.15. The van der Waals surface area contributed by atoms with E-state index in [4.69, 9.17) is 5.21 Å². The summed E-state index contributed by atoms with van der Waals surface area (Å²) < 4.78 is 0. The van der Waals surface area contributed by atoms with Gasteiger partial charge in [-0.3, -0.25) is 0 Å². The fraction of sp³-hybridized carbons (Fsp3) is 0.267. The highest BCUT2D eigenvalue weighted by Gasteiger charge is 2.23. The molecule has 2 aromatic carbocycles. The van der Waals surface area contributed by atoms with E-state index in [9.17, 15) is 0 Å². The van der Waals surface area contributed by atoms with E-state index in [1.165, 1.54) is 27.5 Å². The van der Waals surface area contributed by atoms with Gasteiger partial charge in [-0.1, -0.05) is 29.4 Å². The van der Waals surface area contributed by atoms with Gasteiger partial charge in [0.25, 0.3) is 0 Å². The molecule has 0 spiro atoms. The van der Waals surface area contributed by atoms with Crippen molar-refractivity contribution in [2.75, 3.05) is 0 Å². The molecule has 0 amide bonds. The minimum absolute atomic E-state index is 0.841. The van der Waals surface area contributed by atoms with Gasteiger partial charge in [0.2, 0.25) is 0 Å². The summed E-state index contributed by atoms with van der Waals surface area (Å²) in [6.07, 6.45) is 4.15. The Morgan fingerprint density at radius 2 is 1.35 bits per heavy atom. The van der Waals surface area contributed by atoms with Gasteiger partial charge < -0.3 is 5.21 Å². The number of hydrogen-bond donors (Lipinski definition) is 1. The minimum Gasteiger partial charge on any atom is -0.411 e. The fourth-order valence-corrected chi connectivity index (χ4v) is 3.34. The Labute approximate surface area is 99.6 Å². The molecule has 2 aliphatic rings. The molecule has 0 aromatic heterocycles. The molecule has 2 nitrogen and oxygen atoms in total. The third-order valence-electron chi connectivity index (χ3n) is 4.15. The Morgan fingerprint density at radius 3 is 2.06 bits per heavy atom. The molecule has 0 heterocycles. The lowest BCUT2D eigenvalue weighted by molar-refractivity contribution is 0.318. The van der Waals surface area contributed by atoms with Crippen LogP contribution in [0.15, 0.2) is 29.4 Å². The highest BCUT2D eigenvalue weighted by atomic mass is 16.4. The molecule has 17 heavy (non-hydrogen) atoms. The zero-order valence-electron chi connectivity index (χ0n) is 9.53. The number of benzene rings is 2. The zero-order chi connectivity index (χ0) is 11.4. The van der Waals surface area contributed by atoms with Gasteiger partial charge in [-0.05, 0) is 53.1 Å². The van der Waals surface area contributed by atoms with E-state index in [1.54, 1.807) is 0 Å². The van der Waals surface area contributed by atoms with Crippen LogP contribution in [0.1, 0.15) is 28.7 Å². The summed E-state index contributed by atoms with van der Waals surface area (Å²) in [4.78, 5) is 0. The van der Waals surface area contributed by atoms with Crippen molar-refractivity contribution in [1.29, 1.82) is 0 Å². The summed E-state index contributed by atoms with van der Waals surface area (Å²) in [5, 5.41) is 15.4. The van der Waals surface area contributed by atoms with Gasteiger partial charge in [0.15, 0.2) is 0 Å². The molecule has 2 aliphatic carbocycles. The largest absolute Gasteiger partial charge is 0.411 e. The number of rotatable bonds is 0. The molecule has 0 saturated heterocycles. The van der Waals surface area contributed by atoms with Crippen LogP contribution < -0.4 is 0 Å². The number of oxime groups is 1. The Bertz CT molecular complexity index is 660. The zero-order valence-corrected chi connectivity index (χ0v) is 9.53. The smallest absolute Gasteiger partial charge is 0.0877 e. The Morgan fingerprint density at radius 1 is 0.765 bits per heavy atom. The Balaban J connectivity index is 2.22. The van der Waals surface area contributed by atoms with E-state index in [0.29, 0.717) is 0 Å². The van der Waals surface area contributed by atoms with Crippen molar-refractivity contribution in [1.82, 2.24) is 0 Å². The summed E-state index contributed by atoms with van der Waals surface area (Å²) in [5.41, 5.74) is 6.30. The topological polar surface area (TPSA) is 32.6 Å². The van der Waals surface area contributed by atoms with Crippen LogP contribution in [0.5, 0.6) is 0 Å². The summed E-state index contributed by atoms with van der Waals surface area (Å²) in [5.74, 6) is 0. The van der Waals surface area contributed by atoms with Crippen LogP contribution >= 0.6 is 0 Å². The van der Waals surface area contributed by atoms with Gasteiger partial charge in [0.05, 0.1) is 5.71 Å². The lowest BCUT2D eigenvalue weighted by atomic mass is 9.85. The molecule has 2 aromatic rings. The van der Waals surface area contributed by atoms with Crippen LogP contribution in [0.25, 0.3) is 10.8 Å². The van der Waals surface area contributed by atoms with Crippen molar-refractivity contribution in [3.05, 3.63) is 46.5 Å². The van der Waals surface area contributed by atoms with Gasteiger partial charge in [0.1, 0.15) is 0 Å². The lowest BCUT2D eigenvalue weighted by Crippen LogP contribution is -2.11. The van der Waals surface area contributed by atoms with Crippen molar-refractivity contribution in [2.45, 2.75) is 25.7 Å². The third kappa shape index (κ3) is 1.08. The maximum Gasteiger partial charge on any atom is 0.0877 e. The number of aryl methyl sites for hydroxylation is 3. The first-order chi connectivity index (χ1) is 8.38. The van der Waals surface area contributed by atoms with Crippen molar-refractivity contribution in [3.63, 3.8) is 0 Å². The van der Waals surface area contributed by atoms with Gasteiger partial charge in [0, 0.05) is 5.56 Å². The van der Waals surface area contributed by atoms with Crippen molar-refractivity contribution in [3.8, 4) is 0 Å². The quantitative estimate of drug-likeness (QED) is 0.540. The van der Waals surface area contributed by atoms with Crippen LogP contribution in [0, 0.1) is 0 Å². The average molecular weight is 223 g/mol. The summed E-state index contributed by atoms with van der Waals surface area (Å²) in [7, 11) is 0. The SMILES string of the molecule is ON=C1CCc2ccc3c4c(ccc1c24)CC3. The molecule has 0 aliphatic heterocycles. The van der Waals surface area contributed by atoms with Crippen LogP contribution in [0.4, 0.5) is 0 Å². The molecule has 0 atom stereocenters.